The molecule has 168 valence electrons. The average Bonchev–Trinajstić information content (AvgIpc) is 3.17. The van der Waals surface area contributed by atoms with Gasteiger partial charge in [-0.1, -0.05) is 29.0 Å². The number of ether oxygens (including phenoxy) is 3. The van der Waals surface area contributed by atoms with Gasteiger partial charge in [0.05, 0.1) is 23.3 Å². The van der Waals surface area contributed by atoms with E-state index in [1.807, 2.05) is 37.3 Å². The summed E-state index contributed by atoms with van der Waals surface area (Å²) in [4.78, 5) is 11.9. The fourth-order valence-corrected chi connectivity index (χ4v) is 3.97. The number of nitrogen functional groups attached to an aromatic ring is 1. The van der Waals surface area contributed by atoms with Gasteiger partial charge in [-0.25, -0.2) is 5.43 Å². The molecule has 3 aromatic rings. The minimum Gasteiger partial charge on any atom is -0.493 e. The molecule has 1 aromatic heterocycles. The van der Waals surface area contributed by atoms with Crippen LogP contribution in [0.2, 0.25) is 0 Å². The van der Waals surface area contributed by atoms with Crippen LogP contribution in [0.1, 0.15) is 16.1 Å². The number of hydrazone groups is 1. The minimum absolute atomic E-state index is 0.0600. The predicted molar refractivity (Wildman–Crippen MR) is 132 cm³/mol. The first-order valence-corrected chi connectivity index (χ1v) is 11.4. The first kappa shape index (κ1) is 23.7. The average molecular weight is 567 g/mol. The number of carbonyl (C=O) groups excluding carboxylic acids is 1. The topological polar surface area (TPSA) is 121 Å². The lowest BCUT2D eigenvalue weighted by Gasteiger charge is -2.14. The molecular formula is C21H22IN5O4S. The molecule has 0 saturated carbocycles. The second-order valence-corrected chi connectivity index (χ2v) is 8.80. The molecule has 0 radical (unpaired) electrons. The third kappa shape index (κ3) is 7.05. The number of aromatic nitrogens is 2. The van der Waals surface area contributed by atoms with Crippen LogP contribution in [-0.2, 0) is 11.2 Å². The quantitative estimate of drug-likeness (QED) is 0.167. The van der Waals surface area contributed by atoms with E-state index < -0.39 is 0 Å². The number of nitrogens with one attached hydrogen (secondary N) is 1. The first-order valence-electron chi connectivity index (χ1n) is 9.54. The third-order valence-corrected chi connectivity index (χ3v) is 5.62. The van der Waals surface area contributed by atoms with E-state index in [2.05, 4.69) is 43.3 Å². The van der Waals surface area contributed by atoms with Crippen molar-refractivity contribution in [2.75, 3.05) is 26.1 Å². The number of aryl methyl sites for hydroxylation is 1. The van der Waals surface area contributed by atoms with E-state index in [-0.39, 0.29) is 12.3 Å². The van der Waals surface area contributed by atoms with E-state index in [1.54, 1.807) is 13.2 Å². The van der Waals surface area contributed by atoms with Gasteiger partial charge in [0.25, 0.3) is 0 Å². The normalized spacial score (nSPS) is 10.8. The Bertz CT molecular complexity index is 1090. The fourth-order valence-electron chi connectivity index (χ4n) is 2.59. The van der Waals surface area contributed by atoms with Crippen molar-refractivity contribution in [1.82, 2.24) is 15.6 Å². The van der Waals surface area contributed by atoms with Gasteiger partial charge >= 0.3 is 0 Å². The van der Waals surface area contributed by atoms with Crippen molar-refractivity contribution in [3.8, 4) is 17.2 Å². The fraction of sp³-hybridized carbons (Fsp3) is 0.238. The molecule has 0 aliphatic rings. The lowest BCUT2D eigenvalue weighted by atomic mass is 10.2. The predicted octanol–water partition coefficient (Wildman–Crippen LogP) is 3.19. The molecule has 2 aromatic carbocycles. The molecule has 0 unspecified atom stereocenters. The number of hydrogen-bond acceptors (Lipinski definition) is 9. The standard InChI is InChI=1S/C21H22IN5O4S/c1-13-3-5-15(6-4-13)30-7-8-31-20-16(22)9-14(10-17(20)29-2)12-24-25-18(28)11-19-26-27-21(23)32-19/h3-6,9-10,12H,7-8,11H2,1-2H3,(H2,23,27)(H,25,28). The van der Waals surface area contributed by atoms with E-state index in [0.717, 1.165) is 26.2 Å². The number of carbonyl (C=O) groups is 1. The Kier molecular flexibility index (Phi) is 8.62. The Labute approximate surface area is 203 Å². The number of anilines is 1. The zero-order valence-electron chi connectivity index (χ0n) is 17.5. The Hall–Kier alpha value is -2.93. The molecule has 3 rings (SSSR count). The molecule has 0 atom stereocenters. The molecule has 32 heavy (non-hydrogen) atoms. The highest BCUT2D eigenvalue weighted by Gasteiger charge is 2.12. The molecule has 1 heterocycles. The van der Waals surface area contributed by atoms with Crippen LogP contribution >= 0.6 is 33.9 Å². The summed E-state index contributed by atoms with van der Waals surface area (Å²) in [5.41, 5.74) is 9.89. The van der Waals surface area contributed by atoms with E-state index >= 15 is 0 Å². The van der Waals surface area contributed by atoms with E-state index in [1.165, 1.54) is 11.8 Å². The number of rotatable bonds is 10. The summed E-state index contributed by atoms with van der Waals surface area (Å²) in [6, 6.07) is 11.5. The van der Waals surface area contributed by atoms with Crippen molar-refractivity contribution >= 4 is 51.2 Å². The number of benzene rings is 2. The van der Waals surface area contributed by atoms with Crippen LogP contribution < -0.4 is 25.4 Å². The molecule has 3 N–H and O–H groups in total. The SMILES string of the molecule is COc1cc(C=NNC(=O)Cc2nnc(N)s2)cc(I)c1OCCOc1ccc(C)cc1. The number of halogens is 1. The van der Waals surface area contributed by atoms with Crippen LogP contribution in [0.5, 0.6) is 17.2 Å². The van der Waals surface area contributed by atoms with E-state index in [0.29, 0.717) is 34.9 Å². The Morgan fingerprint density at radius 3 is 2.66 bits per heavy atom. The van der Waals surface area contributed by atoms with E-state index in [4.69, 9.17) is 19.9 Å². The second kappa shape index (κ2) is 11.6. The number of methoxy groups -OCH3 is 1. The lowest BCUT2D eigenvalue weighted by Crippen LogP contribution is -2.19. The maximum absolute atomic E-state index is 11.9. The number of nitrogens with zero attached hydrogens (tertiary/aromatic N) is 3. The van der Waals surface area contributed by atoms with Gasteiger partial charge in [0, 0.05) is 0 Å². The largest absolute Gasteiger partial charge is 0.493 e. The van der Waals surface area contributed by atoms with Crippen molar-refractivity contribution in [3.05, 3.63) is 56.1 Å². The van der Waals surface area contributed by atoms with Crippen LogP contribution in [0.15, 0.2) is 41.5 Å². The Balaban J connectivity index is 1.53. The van der Waals surface area contributed by atoms with Gasteiger partial charge in [0.1, 0.15) is 24.0 Å². The maximum atomic E-state index is 11.9. The highest BCUT2D eigenvalue weighted by molar-refractivity contribution is 14.1. The van der Waals surface area contributed by atoms with Crippen LogP contribution in [0.25, 0.3) is 0 Å². The zero-order chi connectivity index (χ0) is 22.9. The first-order chi connectivity index (χ1) is 15.4. The summed E-state index contributed by atoms with van der Waals surface area (Å²) in [7, 11) is 1.57. The Morgan fingerprint density at radius 2 is 1.97 bits per heavy atom. The molecule has 1 amide bonds. The van der Waals surface area contributed by atoms with Crippen molar-refractivity contribution in [3.63, 3.8) is 0 Å². The van der Waals surface area contributed by atoms with Gasteiger partial charge in [0.2, 0.25) is 11.0 Å². The molecule has 0 aliphatic heterocycles. The summed E-state index contributed by atoms with van der Waals surface area (Å²) >= 11 is 3.33. The molecule has 0 fully saturated rings. The van der Waals surface area contributed by atoms with Gasteiger partial charge in [0.15, 0.2) is 11.5 Å². The smallest absolute Gasteiger partial charge is 0.247 e. The maximum Gasteiger partial charge on any atom is 0.247 e. The summed E-state index contributed by atoms with van der Waals surface area (Å²) in [5, 5.41) is 12.3. The summed E-state index contributed by atoms with van der Waals surface area (Å²) in [6.45, 7) is 2.79. The van der Waals surface area contributed by atoms with Crippen molar-refractivity contribution in [2.45, 2.75) is 13.3 Å². The number of nitrogens with two attached hydrogens (primary N) is 1. The van der Waals surface area contributed by atoms with Crippen molar-refractivity contribution < 1.29 is 19.0 Å². The molecule has 0 saturated heterocycles. The van der Waals surface area contributed by atoms with Crippen LogP contribution in [0.3, 0.4) is 0 Å². The minimum atomic E-state index is -0.312. The van der Waals surface area contributed by atoms with Gasteiger partial charge in [-0.3, -0.25) is 4.79 Å². The van der Waals surface area contributed by atoms with Gasteiger partial charge < -0.3 is 19.9 Å². The molecule has 11 heteroatoms. The number of amides is 1. The molecule has 0 aliphatic carbocycles. The zero-order valence-corrected chi connectivity index (χ0v) is 20.5. The Morgan fingerprint density at radius 1 is 1.22 bits per heavy atom. The van der Waals surface area contributed by atoms with E-state index in [9.17, 15) is 4.79 Å². The highest BCUT2D eigenvalue weighted by atomic mass is 127. The highest BCUT2D eigenvalue weighted by Crippen LogP contribution is 2.33. The van der Waals surface area contributed by atoms with Crippen LogP contribution in [0, 0.1) is 10.5 Å². The van der Waals surface area contributed by atoms with Crippen molar-refractivity contribution in [2.24, 2.45) is 5.10 Å². The summed E-state index contributed by atoms with van der Waals surface area (Å²) in [5.74, 6) is 1.66. The molecule has 0 bridgehead atoms. The monoisotopic (exact) mass is 567 g/mol. The summed E-state index contributed by atoms with van der Waals surface area (Å²) in [6.07, 6.45) is 1.59. The van der Waals surface area contributed by atoms with Gasteiger partial charge in [-0.2, -0.15) is 5.10 Å². The molecule has 9 nitrogen and oxygen atoms in total. The molecular weight excluding hydrogens is 545 g/mol. The van der Waals surface area contributed by atoms with Gasteiger partial charge in [-0.05, 0) is 59.3 Å². The van der Waals surface area contributed by atoms with Gasteiger partial charge in [-0.15, -0.1) is 10.2 Å². The summed E-state index contributed by atoms with van der Waals surface area (Å²) < 4.78 is 17.9. The third-order valence-electron chi connectivity index (χ3n) is 4.07. The second-order valence-electron chi connectivity index (χ2n) is 6.55. The van der Waals surface area contributed by atoms with Crippen LogP contribution in [-0.4, -0.2) is 42.6 Å². The lowest BCUT2D eigenvalue weighted by molar-refractivity contribution is -0.120. The number of hydrogen-bond donors (Lipinski definition) is 2. The molecule has 0 spiro atoms. The van der Waals surface area contributed by atoms with Crippen LogP contribution in [0.4, 0.5) is 5.13 Å². The van der Waals surface area contributed by atoms with Crippen molar-refractivity contribution in [1.29, 1.82) is 0 Å².